The van der Waals surface area contributed by atoms with Crippen LogP contribution in [-0.2, 0) is 25.9 Å². The molecular formula is C60H77Cl8N25. The molecule has 0 saturated heterocycles. The van der Waals surface area contributed by atoms with Gasteiger partial charge in [-0.15, -0.1) is 0 Å². The first-order valence-corrected chi connectivity index (χ1v) is 32.0. The lowest BCUT2D eigenvalue weighted by molar-refractivity contribution is 0.559. The maximum absolute atomic E-state index is 5.96. The van der Waals surface area contributed by atoms with Gasteiger partial charge in [0.1, 0.15) is 30.8 Å². The van der Waals surface area contributed by atoms with Crippen molar-refractivity contribution < 1.29 is 0 Å². The Hall–Kier alpha value is -7.88. The molecule has 5 aromatic carbocycles. The lowest BCUT2D eigenvalue weighted by atomic mass is 10.1. The van der Waals surface area contributed by atoms with Crippen molar-refractivity contribution in [3.8, 4) is 0 Å². The minimum atomic E-state index is -0.207. The van der Waals surface area contributed by atoms with Crippen molar-refractivity contribution in [2.75, 3.05) is 46.6 Å². The highest BCUT2D eigenvalue weighted by Gasteiger charge is 2.19. The Morgan fingerprint density at radius 2 is 0.828 bits per heavy atom. The molecule has 0 fully saturated rings. The fourth-order valence-corrected chi connectivity index (χ4v) is 9.43. The van der Waals surface area contributed by atoms with Crippen molar-refractivity contribution in [1.82, 2.24) is 57.7 Å². The number of guanidine groups is 10. The van der Waals surface area contributed by atoms with E-state index in [2.05, 4.69) is 109 Å². The highest BCUT2D eigenvalue weighted by molar-refractivity contribution is 6.43. The van der Waals surface area contributed by atoms with Crippen LogP contribution in [0.5, 0.6) is 0 Å². The number of nitrogens with zero attached hydrogens (tertiary/aromatic N) is 12. The zero-order valence-electron chi connectivity index (χ0n) is 52.6. The Labute approximate surface area is 582 Å². The third kappa shape index (κ3) is 26.9. The summed E-state index contributed by atoms with van der Waals surface area (Å²) in [5.74, 6) is 5.95. The number of nitrogens with one attached hydrogen (secondary N) is 10. The summed E-state index contributed by atoms with van der Waals surface area (Å²) in [6, 6.07) is 31.8. The molecule has 0 bridgehead atoms. The Morgan fingerprint density at radius 1 is 0.409 bits per heavy atom. The number of aliphatic imine (C=N–C) groups is 10. The summed E-state index contributed by atoms with van der Waals surface area (Å²) in [4.78, 5) is 46.9. The van der Waals surface area contributed by atoms with E-state index >= 15 is 0 Å². The summed E-state index contributed by atoms with van der Waals surface area (Å²) < 4.78 is 0. The fourth-order valence-electron chi connectivity index (χ4n) is 8.15. The van der Waals surface area contributed by atoms with Gasteiger partial charge in [-0.25, -0.2) is 39.9 Å². The first-order chi connectivity index (χ1) is 44.2. The lowest BCUT2D eigenvalue weighted by Gasteiger charge is -2.26. The van der Waals surface area contributed by atoms with Gasteiger partial charge in [0.15, 0.2) is 41.7 Å². The zero-order chi connectivity index (χ0) is 67.7. The molecule has 5 atom stereocenters. The third-order valence-corrected chi connectivity index (χ3v) is 15.2. The first-order valence-electron chi connectivity index (χ1n) is 29.0. The highest BCUT2D eigenvalue weighted by Crippen LogP contribution is 2.26. The van der Waals surface area contributed by atoms with Crippen molar-refractivity contribution in [3.63, 3.8) is 0 Å². The molecule has 33 heteroatoms. The summed E-state index contributed by atoms with van der Waals surface area (Å²) in [6.07, 6.45) is 1.32. The van der Waals surface area contributed by atoms with Gasteiger partial charge in [0.25, 0.3) is 0 Å². The van der Waals surface area contributed by atoms with Gasteiger partial charge in [-0.05, 0) is 136 Å². The summed E-state index contributed by atoms with van der Waals surface area (Å²) >= 11 is 47.1. The van der Waals surface area contributed by atoms with E-state index < -0.39 is 0 Å². The van der Waals surface area contributed by atoms with E-state index in [-0.39, 0.29) is 30.8 Å². The SMILES string of the molecule is CC1N=C(N(C)C)NC(=NCCc2cccc(Cl)c2)N1.CC1N=C(N(C)C)NC(=NCc2ccc(Cl)cc2)N1.CC1N=C(N)NC(=NCCc2ccc(Cl)c(Cl)c2)N1.CC1N=C(N)NC(=NCc2ccc(Cl)c(Cl)c2)N1.CC1N=C(N)NC(Nc2ccc(Cl)c(Cl)c2)=N1. The first kappa shape index (κ1) is 74.2. The monoisotopic (exact) mass is 1430 g/mol. The van der Waals surface area contributed by atoms with E-state index in [9.17, 15) is 0 Å². The average Bonchev–Trinajstić information content (AvgIpc) is 2.44. The van der Waals surface area contributed by atoms with Crippen LogP contribution in [0.1, 0.15) is 56.9 Å². The molecule has 93 heavy (non-hydrogen) atoms. The van der Waals surface area contributed by atoms with Crippen LogP contribution < -0.4 is 70.4 Å². The van der Waals surface area contributed by atoms with Crippen molar-refractivity contribution in [1.29, 1.82) is 0 Å². The molecule has 5 aliphatic rings. The second kappa shape index (κ2) is 37.1. The molecule has 0 aromatic heterocycles. The van der Waals surface area contributed by atoms with Crippen LogP contribution in [0.15, 0.2) is 153 Å². The summed E-state index contributed by atoms with van der Waals surface area (Å²) in [5.41, 5.74) is 21.9. The summed E-state index contributed by atoms with van der Waals surface area (Å²) in [6.45, 7) is 12.0. The number of hydrogen-bond acceptors (Lipinski definition) is 17. The average molecular weight is 1430 g/mol. The van der Waals surface area contributed by atoms with Crippen molar-refractivity contribution in [2.45, 2.75) is 91.4 Å². The summed E-state index contributed by atoms with van der Waals surface area (Å²) in [7, 11) is 7.79. The molecule has 16 N–H and O–H groups in total. The molecule has 0 aliphatic carbocycles. The van der Waals surface area contributed by atoms with E-state index in [0.29, 0.717) is 92.1 Å². The van der Waals surface area contributed by atoms with Crippen LogP contribution in [0.2, 0.25) is 40.2 Å². The molecule has 5 heterocycles. The van der Waals surface area contributed by atoms with Gasteiger partial charge in [0.2, 0.25) is 17.9 Å². The van der Waals surface area contributed by atoms with Crippen LogP contribution in [0.4, 0.5) is 5.69 Å². The molecule has 0 radical (unpaired) electrons. The van der Waals surface area contributed by atoms with Gasteiger partial charge in [-0.2, -0.15) is 0 Å². The van der Waals surface area contributed by atoms with Crippen molar-refractivity contribution in [3.05, 3.63) is 166 Å². The molecule has 0 amide bonds. The van der Waals surface area contributed by atoms with E-state index in [0.717, 1.165) is 69.1 Å². The molecular weight excluding hydrogens is 1350 g/mol. The second-order valence-corrected chi connectivity index (χ2v) is 24.4. The maximum Gasteiger partial charge on any atom is 0.204 e. The quantitative estimate of drug-likeness (QED) is 0.0587. The fraction of sp³-hybridized carbons (Fsp3) is 0.333. The lowest BCUT2D eigenvalue weighted by Crippen LogP contribution is -2.53. The predicted octanol–water partition coefficient (Wildman–Crippen LogP) is 8.82. The molecule has 5 aromatic rings. The Bertz CT molecular complexity index is 3640. The minimum Gasteiger partial charge on any atom is -0.370 e. The number of nitrogens with two attached hydrogens (primary N) is 3. The van der Waals surface area contributed by atoms with Crippen molar-refractivity contribution in [2.24, 2.45) is 67.1 Å². The van der Waals surface area contributed by atoms with Gasteiger partial charge >= 0.3 is 0 Å². The van der Waals surface area contributed by atoms with Gasteiger partial charge in [-0.3, -0.25) is 36.6 Å². The number of benzene rings is 5. The predicted molar refractivity (Wildman–Crippen MR) is 390 cm³/mol. The number of hydrogen-bond donors (Lipinski definition) is 13. The Morgan fingerprint density at radius 3 is 1.31 bits per heavy atom. The smallest absolute Gasteiger partial charge is 0.204 e. The van der Waals surface area contributed by atoms with Gasteiger partial charge < -0.3 is 53.6 Å². The number of halogens is 8. The topological polar surface area (TPSA) is 328 Å². The molecule has 25 nitrogen and oxygen atoms in total. The molecule has 5 unspecified atom stereocenters. The molecule has 498 valence electrons. The van der Waals surface area contributed by atoms with Gasteiger partial charge in [-0.1, -0.05) is 129 Å². The standard InChI is InChI=1S/C14H20ClN5.C13H18ClN5.C12H15Cl2N5.C11H13Cl2N5.C10H11Cl2N5/c1-10-17-13(19-14(18-10)20(2)3)16-8-7-11-5-4-6-12(15)9-11;1-9-16-12(18-13(17-9)19(2)3)15-8-10-4-6-11(14)7-5-10;1-7-17-11(15)19-12(18-7)16-5-4-8-2-3-9(13)10(14)6-8;1-6-16-10(14)18-11(17-6)15-5-7-2-3-8(12)9(13)4-7;1-5-14-9(13)17-10(15-5)16-6-2-3-7(11)8(12)4-6/h4-6,9-10H,7-8H2,1-3H3,(H2,16,17,18,19);4-7,9H,8H2,1-3H3,(H2,15,16,17,18);2-3,6-7H,4-5H2,1H3,(H4,15,16,17,18,19);2-4,6H,5H2,1H3,(H4,14,15,16,17,18);2-5H,1H3,(H4,13,14,15,16,17). The van der Waals surface area contributed by atoms with Crippen LogP contribution in [0, 0.1) is 0 Å². The minimum absolute atomic E-state index is 0.0163. The van der Waals surface area contributed by atoms with Crippen LogP contribution >= 0.6 is 92.8 Å². The van der Waals surface area contributed by atoms with Crippen LogP contribution in [0.25, 0.3) is 0 Å². The Balaban J connectivity index is 0.000000185. The van der Waals surface area contributed by atoms with E-state index in [1.165, 1.54) is 5.56 Å². The van der Waals surface area contributed by atoms with Gasteiger partial charge in [0.05, 0.1) is 43.2 Å². The largest absolute Gasteiger partial charge is 0.370 e. The molecule has 0 spiro atoms. The maximum atomic E-state index is 5.96. The van der Waals surface area contributed by atoms with E-state index in [1.54, 1.807) is 36.4 Å². The van der Waals surface area contributed by atoms with Crippen LogP contribution in [0.3, 0.4) is 0 Å². The van der Waals surface area contributed by atoms with Crippen LogP contribution in [-0.4, -0.2) is 142 Å². The normalized spacial score (nSPS) is 20.3. The van der Waals surface area contributed by atoms with Crippen molar-refractivity contribution >= 4 is 158 Å². The van der Waals surface area contributed by atoms with E-state index in [1.807, 2.05) is 133 Å². The van der Waals surface area contributed by atoms with Gasteiger partial charge in [0, 0.05) is 57.0 Å². The zero-order valence-corrected chi connectivity index (χ0v) is 58.6. The Kier molecular flexibility index (Phi) is 29.6. The molecule has 10 rings (SSSR count). The summed E-state index contributed by atoms with van der Waals surface area (Å²) in [5, 5.41) is 35.1. The molecule has 0 saturated carbocycles. The number of rotatable bonds is 11. The second-order valence-electron chi connectivity index (χ2n) is 21.1. The highest BCUT2D eigenvalue weighted by atomic mass is 35.5. The third-order valence-electron chi connectivity index (χ3n) is 12.5. The van der Waals surface area contributed by atoms with E-state index in [4.69, 9.17) is 110 Å². The number of anilines is 1. The molecule has 5 aliphatic heterocycles.